The lowest BCUT2D eigenvalue weighted by atomic mass is 10.1. The molecule has 2 aromatic rings. The average molecular weight is 265 g/mol. The molecule has 4 heteroatoms. The zero-order valence-corrected chi connectivity index (χ0v) is 9.41. The molecule has 0 fully saturated rings. The van der Waals surface area contributed by atoms with Gasteiger partial charge in [0, 0.05) is 10.2 Å². The lowest BCUT2D eigenvalue weighted by Crippen LogP contribution is -2.11. The molecular formula is C11H9BrN2O. The number of H-pyrrole nitrogens is 1. The van der Waals surface area contributed by atoms with Crippen molar-refractivity contribution in [1.29, 1.82) is 0 Å². The fourth-order valence-electron chi connectivity index (χ4n) is 1.28. The van der Waals surface area contributed by atoms with Crippen LogP contribution in [0.1, 0.15) is 0 Å². The third-order valence-corrected chi connectivity index (χ3v) is 2.62. The van der Waals surface area contributed by atoms with Crippen LogP contribution >= 0.6 is 15.9 Å². The number of nitrogen functional groups attached to an aromatic ring is 1. The fraction of sp³-hybridized carbons (Fsp3) is 0. The van der Waals surface area contributed by atoms with Crippen molar-refractivity contribution in [2.24, 2.45) is 0 Å². The smallest absolute Gasteiger partial charge is 0.271 e. The van der Waals surface area contributed by atoms with Gasteiger partial charge in [0.1, 0.15) is 0 Å². The van der Waals surface area contributed by atoms with Crippen molar-refractivity contribution in [3.63, 3.8) is 0 Å². The molecule has 3 nitrogen and oxygen atoms in total. The number of anilines is 1. The first kappa shape index (κ1) is 9.98. The molecule has 1 aromatic heterocycles. The van der Waals surface area contributed by atoms with E-state index in [0.717, 1.165) is 15.7 Å². The van der Waals surface area contributed by atoms with Crippen LogP contribution in [0, 0.1) is 0 Å². The van der Waals surface area contributed by atoms with Crippen molar-refractivity contribution >= 4 is 21.6 Å². The molecule has 0 aliphatic heterocycles. The van der Waals surface area contributed by atoms with Crippen molar-refractivity contribution in [3.8, 4) is 11.3 Å². The number of nitrogens with two attached hydrogens (primary N) is 1. The van der Waals surface area contributed by atoms with Crippen molar-refractivity contribution < 1.29 is 0 Å². The summed E-state index contributed by atoms with van der Waals surface area (Å²) < 4.78 is 1.00. The quantitative estimate of drug-likeness (QED) is 0.831. The van der Waals surface area contributed by atoms with E-state index in [1.165, 1.54) is 0 Å². The minimum Gasteiger partial charge on any atom is -0.394 e. The number of pyridine rings is 1. The Kier molecular flexibility index (Phi) is 2.60. The van der Waals surface area contributed by atoms with E-state index in [2.05, 4.69) is 20.9 Å². The van der Waals surface area contributed by atoms with Gasteiger partial charge >= 0.3 is 0 Å². The molecule has 0 aliphatic rings. The summed E-state index contributed by atoms with van der Waals surface area (Å²) in [6, 6.07) is 11.1. The number of nitrogens with one attached hydrogen (secondary N) is 1. The Hall–Kier alpha value is -1.55. The molecule has 0 bridgehead atoms. The number of halogens is 1. The van der Waals surface area contributed by atoms with Gasteiger partial charge < -0.3 is 10.7 Å². The van der Waals surface area contributed by atoms with E-state index < -0.39 is 0 Å². The number of rotatable bonds is 1. The molecule has 0 spiro atoms. The summed E-state index contributed by atoms with van der Waals surface area (Å²) >= 11 is 3.35. The second-order valence-corrected chi connectivity index (χ2v) is 4.08. The normalized spacial score (nSPS) is 10.2. The summed E-state index contributed by atoms with van der Waals surface area (Å²) in [5, 5.41) is 0. The first-order valence-corrected chi connectivity index (χ1v) is 5.21. The topological polar surface area (TPSA) is 58.9 Å². The molecule has 3 N–H and O–H groups in total. The third kappa shape index (κ3) is 2.10. The van der Waals surface area contributed by atoms with Crippen molar-refractivity contribution in [2.75, 3.05) is 5.73 Å². The molecule has 1 heterocycles. The Bertz CT molecular complexity index is 531. The Labute approximate surface area is 95.1 Å². The van der Waals surface area contributed by atoms with Crippen LogP contribution in [-0.4, -0.2) is 4.98 Å². The van der Waals surface area contributed by atoms with Gasteiger partial charge in [-0.25, -0.2) is 0 Å². The van der Waals surface area contributed by atoms with E-state index in [1.54, 1.807) is 12.1 Å². The van der Waals surface area contributed by atoms with Crippen molar-refractivity contribution in [1.82, 2.24) is 4.98 Å². The van der Waals surface area contributed by atoms with Gasteiger partial charge in [-0.05, 0) is 29.8 Å². The number of hydrogen-bond donors (Lipinski definition) is 2. The van der Waals surface area contributed by atoms with Crippen LogP contribution < -0.4 is 11.3 Å². The molecule has 0 amide bonds. The second kappa shape index (κ2) is 3.90. The van der Waals surface area contributed by atoms with E-state index in [0.29, 0.717) is 0 Å². The molecule has 0 unspecified atom stereocenters. The Morgan fingerprint density at radius 1 is 1.07 bits per heavy atom. The molecule has 0 atom stereocenters. The van der Waals surface area contributed by atoms with Gasteiger partial charge in [-0.1, -0.05) is 28.1 Å². The lowest BCUT2D eigenvalue weighted by Gasteiger charge is -2.01. The highest BCUT2D eigenvalue weighted by Crippen LogP contribution is 2.19. The van der Waals surface area contributed by atoms with Gasteiger partial charge in [0.05, 0.1) is 5.69 Å². The Balaban J connectivity index is 2.50. The number of hydrogen-bond acceptors (Lipinski definition) is 2. The minimum atomic E-state index is -0.254. The van der Waals surface area contributed by atoms with Crippen LogP contribution in [0.15, 0.2) is 45.7 Å². The summed E-state index contributed by atoms with van der Waals surface area (Å²) in [4.78, 5) is 14.0. The standard InChI is InChI=1S/C11H9BrN2O/c12-8-3-1-7(2-4-8)10-6-5-9(13)11(15)14-10/h1-6H,13H2,(H,14,15). The van der Waals surface area contributed by atoms with Crippen LogP contribution in [0.5, 0.6) is 0 Å². The lowest BCUT2D eigenvalue weighted by molar-refractivity contribution is 1.25. The van der Waals surface area contributed by atoms with E-state index in [9.17, 15) is 4.79 Å². The molecule has 0 aliphatic carbocycles. The highest BCUT2D eigenvalue weighted by Gasteiger charge is 1.99. The van der Waals surface area contributed by atoms with Gasteiger partial charge in [-0.3, -0.25) is 4.79 Å². The molecule has 2 rings (SSSR count). The molecule has 1 aromatic carbocycles. The molecule has 0 saturated heterocycles. The molecule has 76 valence electrons. The highest BCUT2D eigenvalue weighted by molar-refractivity contribution is 9.10. The zero-order chi connectivity index (χ0) is 10.8. The SMILES string of the molecule is Nc1ccc(-c2ccc(Br)cc2)[nH]c1=O. The van der Waals surface area contributed by atoms with Gasteiger partial charge in [-0.2, -0.15) is 0 Å². The number of aromatic amines is 1. The monoisotopic (exact) mass is 264 g/mol. The largest absolute Gasteiger partial charge is 0.394 e. The Morgan fingerprint density at radius 3 is 2.33 bits per heavy atom. The van der Waals surface area contributed by atoms with E-state index in [4.69, 9.17) is 5.73 Å². The third-order valence-electron chi connectivity index (χ3n) is 2.10. The fourth-order valence-corrected chi connectivity index (χ4v) is 1.55. The zero-order valence-electron chi connectivity index (χ0n) is 7.83. The van der Waals surface area contributed by atoms with Crippen LogP contribution in [-0.2, 0) is 0 Å². The summed E-state index contributed by atoms with van der Waals surface area (Å²) in [6.07, 6.45) is 0. The molecule has 15 heavy (non-hydrogen) atoms. The summed E-state index contributed by atoms with van der Waals surface area (Å²) in [5.41, 5.74) is 7.14. The average Bonchev–Trinajstić information content (AvgIpc) is 2.23. The first-order chi connectivity index (χ1) is 7.16. The van der Waals surface area contributed by atoms with Gasteiger partial charge in [-0.15, -0.1) is 0 Å². The van der Waals surface area contributed by atoms with Crippen LogP contribution in [0.25, 0.3) is 11.3 Å². The summed E-state index contributed by atoms with van der Waals surface area (Å²) in [6.45, 7) is 0. The van der Waals surface area contributed by atoms with Crippen molar-refractivity contribution in [3.05, 3.63) is 51.2 Å². The molecule has 0 saturated carbocycles. The van der Waals surface area contributed by atoms with Gasteiger partial charge in [0.25, 0.3) is 5.56 Å². The highest BCUT2D eigenvalue weighted by atomic mass is 79.9. The predicted molar refractivity (Wildman–Crippen MR) is 64.6 cm³/mol. The predicted octanol–water partition coefficient (Wildman–Crippen LogP) is 2.39. The molecular weight excluding hydrogens is 256 g/mol. The summed E-state index contributed by atoms with van der Waals surface area (Å²) in [7, 11) is 0. The van der Waals surface area contributed by atoms with Gasteiger partial charge in [0.15, 0.2) is 0 Å². The maximum Gasteiger partial charge on any atom is 0.271 e. The van der Waals surface area contributed by atoms with Crippen LogP contribution in [0.2, 0.25) is 0 Å². The number of benzene rings is 1. The second-order valence-electron chi connectivity index (χ2n) is 3.16. The number of aromatic nitrogens is 1. The minimum absolute atomic E-state index is 0.232. The van der Waals surface area contributed by atoms with Crippen LogP contribution in [0.3, 0.4) is 0 Å². The van der Waals surface area contributed by atoms with E-state index in [-0.39, 0.29) is 11.2 Å². The van der Waals surface area contributed by atoms with Gasteiger partial charge in [0.2, 0.25) is 0 Å². The maximum absolute atomic E-state index is 11.3. The van der Waals surface area contributed by atoms with E-state index in [1.807, 2.05) is 24.3 Å². The molecule has 0 radical (unpaired) electrons. The van der Waals surface area contributed by atoms with Crippen molar-refractivity contribution in [2.45, 2.75) is 0 Å². The first-order valence-electron chi connectivity index (χ1n) is 4.41. The van der Waals surface area contributed by atoms with Crippen LogP contribution in [0.4, 0.5) is 5.69 Å². The van der Waals surface area contributed by atoms with E-state index >= 15 is 0 Å². The Morgan fingerprint density at radius 2 is 1.73 bits per heavy atom. The summed E-state index contributed by atoms with van der Waals surface area (Å²) in [5.74, 6) is 0. The maximum atomic E-state index is 11.3.